The van der Waals surface area contributed by atoms with Gasteiger partial charge in [-0.3, -0.25) is 9.80 Å². The molecule has 2 heterocycles. The SMILES string of the molecule is Cl.Cl.O=c1ccc2cc(O)c(O)c(CN3CCN(CCO)CC3)c2o1. The van der Waals surface area contributed by atoms with Crippen LogP contribution in [0.2, 0.25) is 0 Å². The zero-order valence-corrected chi connectivity index (χ0v) is 15.2. The van der Waals surface area contributed by atoms with E-state index in [0.29, 0.717) is 29.6 Å². The van der Waals surface area contributed by atoms with E-state index in [-0.39, 0.29) is 42.9 Å². The Kier molecular flexibility index (Phi) is 7.98. The van der Waals surface area contributed by atoms with Gasteiger partial charge in [-0.25, -0.2) is 4.79 Å². The number of hydrogen-bond acceptors (Lipinski definition) is 7. The second-order valence-corrected chi connectivity index (χ2v) is 5.74. The van der Waals surface area contributed by atoms with Gasteiger partial charge in [0.05, 0.1) is 12.2 Å². The topological polar surface area (TPSA) is 97.4 Å². The lowest BCUT2D eigenvalue weighted by atomic mass is 10.1. The van der Waals surface area contributed by atoms with Crippen LogP contribution in [0.3, 0.4) is 0 Å². The molecule has 0 saturated carbocycles. The van der Waals surface area contributed by atoms with Crippen molar-refractivity contribution < 1.29 is 19.7 Å². The summed E-state index contributed by atoms with van der Waals surface area (Å²) < 4.78 is 5.23. The van der Waals surface area contributed by atoms with Gasteiger partial charge in [0, 0.05) is 50.7 Å². The summed E-state index contributed by atoms with van der Waals surface area (Å²) >= 11 is 0. The molecule has 1 saturated heterocycles. The Hall–Kier alpha value is -1.51. The Labute approximate surface area is 157 Å². The summed E-state index contributed by atoms with van der Waals surface area (Å²) in [6.07, 6.45) is 0. The lowest BCUT2D eigenvalue weighted by Crippen LogP contribution is -2.46. The summed E-state index contributed by atoms with van der Waals surface area (Å²) in [7, 11) is 0. The van der Waals surface area contributed by atoms with E-state index in [1.807, 2.05) is 0 Å². The zero-order valence-electron chi connectivity index (χ0n) is 13.6. The van der Waals surface area contributed by atoms with Crippen molar-refractivity contribution in [2.45, 2.75) is 6.54 Å². The van der Waals surface area contributed by atoms with E-state index in [9.17, 15) is 15.0 Å². The molecule has 140 valence electrons. The van der Waals surface area contributed by atoms with Crippen LogP contribution in [0.4, 0.5) is 0 Å². The maximum Gasteiger partial charge on any atom is 0.336 e. The van der Waals surface area contributed by atoms with E-state index in [0.717, 1.165) is 26.2 Å². The van der Waals surface area contributed by atoms with Gasteiger partial charge >= 0.3 is 5.63 Å². The van der Waals surface area contributed by atoms with Gasteiger partial charge in [0.1, 0.15) is 5.58 Å². The van der Waals surface area contributed by atoms with Gasteiger partial charge in [0.15, 0.2) is 11.5 Å². The van der Waals surface area contributed by atoms with Crippen LogP contribution in [0, 0.1) is 0 Å². The highest BCUT2D eigenvalue weighted by Gasteiger charge is 2.21. The maximum atomic E-state index is 11.5. The van der Waals surface area contributed by atoms with Crippen molar-refractivity contribution in [1.29, 1.82) is 0 Å². The number of aliphatic hydroxyl groups is 1. The lowest BCUT2D eigenvalue weighted by Gasteiger charge is -2.34. The molecule has 1 aromatic carbocycles. The molecule has 3 rings (SSSR count). The highest BCUT2D eigenvalue weighted by Crippen LogP contribution is 2.36. The van der Waals surface area contributed by atoms with E-state index < -0.39 is 5.63 Å². The Morgan fingerprint density at radius 1 is 1.04 bits per heavy atom. The van der Waals surface area contributed by atoms with Crippen LogP contribution >= 0.6 is 24.8 Å². The summed E-state index contributed by atoms with van der Waals surface area (Å²) in [5.41, 5.74) is 0.246. The molecule has 3 N–H and O–H groups in total. The normalized spacial score (nSPS) is 15.6. The summed E-state index contributed by atoms with van der Waals surface area (Å²) in [6, 6.07) is 4.25. The first-order chi connectivity index (χ1) is 11.1. The van der Waals surface area contributed by atoms with Crippen LogP contribution in [0.25, 0.3) is 11.0 Å². The molecule has 1 aliphatic heterocycles. The smallest absolute Gasteiger partial charge is 0.336 e. The minimum atomic E-state index is -0.489. The number of aliphatic hydroxyl groups excluding tert-OH is 1. The highest BCUT2D eigenvalue weighted by atomic mass is 35.5. The van der Waals surface area contributed by atoms with Gasteiger partial charge in [-0.2, -0.15) is 0 Å². The average molecular weight is 393 g/mol. The van der Waals surface area contributed by atoms with Crippen molar-refractivity contribution in [3.63, 3.8) is 0 Å². The number of benzene rings is 1. The Balaban J connectivity index is 0.00000156. The quantitative estimate of drug-likeness (QED) is 0.530. The number of phenolic OH excluding ortho intramolecular Hbond substituents is 2. The van der Waals surface area contributed by atoms with Crippen LogP contribution in [0.1, 0.15) is 5.56 Å². The third-order valence-corrected chi connectivity index (χ3v) is 4.22. The van der Waals surface area contributed by atoms with E-state index in [1.54, 1.807) is 6.07 Å². The molecule has 1 fully saturated rings. The zero-order chi connectivity index (χ0) is 16.4. The minimum absolute atomic E-state index is 0. The molecular formula is C16H22Cl2N2O5. The number of nitrogens with zero attached hydrogens (tertiary/aromatic N) is 2. The molecule has 9 heteroatoms. The molecule has 1 aliphatic rings. The number of hydrogen-bond donors (Lipinski definition) is 3. The van der Waals surface area contributed by atoms with E-state index >= 15 is 0 Å². The standard InChI is InChI=1S/C16H20N2O5.2ClH/c19-8-7-17-3-5-18(6-4-17)10-12-15(22)13(20)9-11-1-2-14(21)23-16(11)12;;/h1-2,9,19-20,22H,3-8,10H2;2*1H. The van der Waals surface area contributed by atoms with Crippen molar-refractivity contribution in [3.05, 3.63) is 34.2 Å². The fourth-order valence-corrected chi connectivity index (χ4v) is 2.94. The molecular weight excluding hydrogens is 371 g/mol. The molecule has 0 spiro atoms. The Morgan fingerprint density at radius 2 is 1.68 bits per heavy atom. The summed E-state index contributed by atoms with van der Waals surface area (Å²) in [6.45, 7) is 4.37. The van der Waals surface area contributed by atoms with Crippen molar-refractivity contribution in [2.24, 2.45) is 0 Å². The molecule has 2 aromatic rings. The summed E-state index contributed by atoms with van der Waals surface area (Å²) in [5.74, 6) is -0.468. The second kappa shape index (κ2) is 9.26. The highest BCUT2D eigenvalue weighted by molar-refractivity contribution is 5.86. The molecule has 7 nitrogen and oxygen atoms in total. The van der Waals surface area contributed by atoms with Crippen LogP contribution in [0.5, 0.6) is 11.5 Å². The van der Waals surface area contributed by atoms with Crippen molar-refractivity contribution in [3.8, 4) is 11.5 Å². The second-order valence-electron chi connectivity index (χ2n) is 5.74. The third kappa shape index (κ3) is 4.77. The first kappa shape index (κ1) is 21.5. The maximum absolute atomic E-state index is 11.5. The van der Waals surface area contributed by atoms with Gasteiger partial charge in [-0.15, -0.1) is 24.8 Å². The first-order valence-corrected chi connectivity index (χ1v) is 7.61. The van der Waals surface area contributed by atoms with Crippen molar-refractivity contribution >= 4 is 35.8 Å². The van der Waals surface area contributed by atoms with E-state index in [4.69, 9.17) is 9.52 Å². The summed E-state index contributed by atoms with van der Waals surface area (Å²) in [4.78, 5) is 15.8. The predicted octanol–water partition coefficient (Wildman–Crippen LogP) is 1.16. The Bertz CT molecular complexity index is 760. The number of fused-ring (bicyclic) bond motifs is 1. The van der Waals surface area contributed by atoms with Gasteiger partial charge < -0.3 is 19.7 Å². The fourth-order valence-electron chi connectivity index (χ4n) is 2.94. The molecule has 0 unspecified atom stereocenters. The average Bonchev–Trinajstić information content (AvgIpc) is 2.54. The van der Waals surface area contributed by atoms with Crippen LogP contribution < -0.4 is 5.63 Å². The number of halogens is 2. The lowest BCUT2D eigenvalue weighted by molar-refractivity contribution is 0.108. The molecule has 0 radical (unpaired) electrons. The number of rotatable bonds is 4. The van der Waals surface area contributed by atoms with E-state index in [1.165, 1.54) is 12.1 Å². The predicted molar refractivity (Wildman–Crippen MR) is 99.1 cm³/mol. The molecule has 0 atom stereocenters. The van der Waals surface area contributed by atoms with Gasteiger partial charge in [0.25, 0.3) is 0 Å². The number of β-amino-alcohol motifs (C(OH)–C–C–N with tert-alkyl or cyclic N) is 1. The minimum Gasteiger partial charge on any atom is -0.504 e. The fraction of sp³-hybridized carbons (Fsp3) is 0.438. The monoisotopic (exact) mass is 392 g/mol. The van der Waals surface area contributed by atoms with Gasteiger partial charge in [0.2, 0.25) is 0 Å². The molecule has 25 heavy (non-hydrogen) atoms. The largest absolute Gasteiger partial charge is 0.504 e. The van der Waals surface area contributed by atoms with Crippen LogP contribution in [0.15, 0.2) is 27.4 Å². The van der Waals surface area contributed by atoms with Crippen molar-refractivity contribution in [2.75, 3.05) is 39.3 Å². The molecule has 0 aliphatic carbocycles. The molecule has 0 amide bonds. The van der Waals surface area contributed by atoms with Gasteiger partial charge in [-0.1, -0.05) is 0 Å². The Morgan fingerprint density at radius 3 is 2.32 bits per heavy atom. The van der Waals surface area contributed by atoms with Crippen LogP contribution in [-0.2, 0) is 6.54 Å². The van der Waals surface area contributed by atoms with Gasteiger partial charge in [-0.05, 0) is 12.1 Å². The number of phenols is 2. The number of aromatic hydroxyl groups is 2. The van der Waals surface area contributed by atoms with Crippen LogP contribution in [-0.4, -0.2) is 64.5 Å². The van der Waals surface area contributed by atoms with E-state index in [2.05, 4.69) is 9.80 Å². The van der Waals surface area contributed by atoms with Crippen molar-refractivity contribution in [1.82, 2.24) is 9.80 Å². The first-order valence-electron chi connectivity index (χ1n) is 7.61. The summed E-state index contributed by atoms with van der Waals surface area (Å²) in [5, 5.41) is 29.6. The molecule has 0 bridgehead atoms. The number of piperazine rings is 1. The molecule has 1 aromatic heterocycles. The third-order valence-electron chi connectivity index (χ3n) is 4.22.